The Bertz CT molecular complexity index is 1630. The lowest BCUT2D eigenvalue weighted by molar-refractivity contribution is -0.256. The van der Waals surface area contributed by atoms with Gasteiger partial charge in [-0.2, -0.15) is 0 Å². The summed E-state index contributed by atoms with van der Waals surface area (Å²) in [6, 6.07) is 4.26. The Hall–Kier alpha value is -3.47. The summed E-state index contributed by atoms with van der Waals surface area (Å²) in [7, 11) is 2.88. The number of benzene rings is 2. The maximum Gasteiger partial charge on any atom is 0.202 e. The molecule has 5 aliphatic rings. The van der Waals surface area contributed by atoms with Gasteiger partial charge < -0.3 is 48.8 Å². The zero-order valence-electron chi connectivity index (χ0n) is 25.4. The number of ether oxygens (including phenoxy) is 6. The van der Waals surface area contributed by atoms with Crippen molar-refractivity contribution in [1.82, 2.24) is 4.90 Å². The number of morpholine rings is 1. The SMILES string of the molecule is COc1cccc2c1C(=O)c1c(O)c3c(c(O)c1C2=O)C[C@@](O)(C(=O)CO)C[C@@H]3O[C@H]1CC2[C@H](OC3[C@@H](OC)OCCN32)[C@H](C)O1. The summed E-state index contributed by atoms with van der Waals surface area (Å²) in [6.07, 6.45) is -4.79. The van der Waals surface area contributed by atoms with E-state index < -0.39 is 96.0 Å². The van der Waals surface area contributed by atoms with Crippen LogP contribution >= 0.6 is 0 Å². The first-order valence-electron chi connectivity index (χ1n) is 15.1. The van der Waals surface area contributed by atoms with Crippen molar-refractivity contribution >= 4 is 17.3 Å². The highest BCUT2D eigenvalue weighted by atomic mass is 16.7. The fraction of sp³-hybridized carbons (Fsp3) is 0.531. The topological polar surface area (TPSA) is 191 Å². The lowest BCUT2D eigenvalue weighted by Gasteiger charge is -2.43. The first kappa shape index (κ1) is 31.1. The van der Waals surface area contributed by atoms with Gasteiger partial charge in [-0.3, -0.25) is 19.3 Å². The van der Waals surface area contributed by atoms with Crippen LogP contribution in [0.5, 0.6) is 17.2 Å². The van der Waals surface area contributed by atoms with Crippen LogP contribution in [-0.2, 0) is 34.9 Å². The molecular weight excluding hydrogens is 606 g/mol. The largest absolute Gasteiger partial charge is 0.507 e. The number of hydrogen-bond donors (Lipinski definition) is 4. The van der Waals surface area contributed by atoms with Gasteiger partial charge in [0.05, 0.1) is 42.6 Å². The number of aliphatic hydroxyl groups is 2. The highest BCUT2D eigenvalue weighted by Gasteiger charge is 2.55. The number of nitrogens with zero attached hydrogens (tertiary/aromatic N) is 1. The van der Waals surface area contributed by atoms with Crippen molar-refractivity contribution in [2.24, 2.45) is 0 Å². The van der Waals surface area contributed by atoms with Crippen LogP contribution in [0, 0.1) is 0 Å². The quantitative estimate of drug-likeness (QED) is 0.275. The van der Waals surface area contributed by atoms with Crippen LogP contribution in [0.25, 0.3) is 0 Å². The first-order valence-corrected chi connectivity index (χ1v) is 15.1. The van der Waals surface area contributed by atoms with E-state index in [4.69, 9.17) is 28.4 Å². The zero-order chi connectivity index (χ0) is 32.7. The fourth-order valence-electron chi connectivity index (χ4n) is 7.69. The summed E-state index contributed by atoms with van der Waals surface area (Å²) in [5, 5.41) is 44.5. The number of methoxy groups -OCH3 is 2. The molecular formula is C32H35NO13. The Morgan fingerprint density at radius 2 is 1.85 bits per heavy atom. The molecule has 14 heteroatoms. The standard InChI is InChI=1S/C32H35NO13/c1-13-29-16(33-7-8-43-31(42-3)30(33)46-29)9-20(44-13)45-18-11-32(40,19(35)12-34)10-15-22(18)28(39)24-23(26(15)37)25(36)14-5-4-6-17(41-2)21(14)27(24)38/h4-6,13,16,18,20,29-31,34,37,39-40H,7-12H2,1-3H3/t13-,16?,18-,20-,29+,30?,31-,32-/m0/s1. The molecule has 3 fully saturated rings. The molecule has 0 radical (unpaired) electrons. The van der Waals surface area contributed by atoms with Gasteiger partial charge in [-0.25, -0.2) is 0 Å². The van der Waals surface area contributed by atoms with Crippen molar-refractivity contribution in [3.8, 4) is 17.2 Å². The average Bonchev–Trinajstić information content (AvgIpc) is 3.43. The van der Waals surface area contributed by atoms with Gasteiger partial charge in [-0.1, -0.05) is 12.1 Å². The number of carbonyl (C=O) groups is 3. The van der Waals surface area contributed by atoms with E-state index in [1.165, 1.54) is 32.4 Å². The van der Waals surface area contributed by atoms with Gasteiger partial charge in [0.25, 0.3) is 0 Å². The average molecular weight is 642 g/mol. The summed E-state index contributed by atoms with van der Waals surface area (Å²) >= 11 is 0. The Balaban J connectivity index is 1.30. The smallest absolute Gasteiger partial charge is 0.202 e. The van der Waals surface area contributed by atoms with E-state index in [0.29, 0.717) is 19.6 Å². The highest BCUT2D eigenvalue weighted by Crippen LogP contribution is 2.53. The Morgan fingerprint density at radius 3 is 2.57 bits per heavy atom. The highest BCUT2D eigenvalue weighted by molar-refractivity contribution is 6.31. The van der Waals surface area contributed by atoms with E-state index >= 15 is 0 Å². The second kappa shape index (κ2) is 11.3. The van der Waals surface area contributed by atoms with Gasteiger partial charge in [0.2, 0.25) is 5.78 Å². The molecule has 14 nitrogen and oxygen atoms in total. The predicted molar refractivity (Wildman–Crippen MR) is 154 cm³/mol. The summed E-state index contributed by atoms with van der Waals surface area (Å²) in [4.78, 5) is 42.6. The number of phenols is 2. The minimum atomic E-state index is -2.23. The Kier molecular flexibility index (Phi) is 7.68. The van der Waals surface area contributed by atoms with Crippen LogP contribution in [-0.4, -0.2) is 119 Å². The molecule has 2 aliphatic carbocycles. The summed E-state index contributed by atoms with van der Waals surface area (Å²) in [5.41, 5.74) is -3.43. The Labute approximate surface area is 263 Å². The summed E-state index contributed by atoms with van der Waals surface area (Å²) in [5.74, 6) is -3.61. The van der Waals surface area contributed by atoms with Crippen molar-refractivity contribution < 1.29 is 63.2 Å². The van der Waals surface area contributed by atoms with Crippen molar-refractivity contribution in [2.45, 2.75) is 74.9 Å². The number of aromatic hydroxyl groups is 2. The second-order valence-corrected chi connectivity index (χ2v) is 12.3. The minimum absolute atomic E-state index is 0.0353. The fourth-order valence-corrected chi connectivity index (χ4v) is 7.69. The van der Waals surface area contributed by atoms with Gasteiger partial charge in [-0.15, -0.1) is 0 Å². The Morgan fingerprint density at radius 1 is 1.09 bits per heavy atom. The third-order valence-electron chi connectivity index (χ3n) is 9.84. The van der Waals surface area contributed by atoms with Gasteiger partial charge in [0.15, 0.2) is 30.4 Å². The van der Waals surface area contributed by atoms with Crippen LogP contribution in [0.15, 0.2) is 18.2 Å². The van der Waals surface area contributed by atoms with E-state index in [-0.39, 0.29) is 40.1 Å². The van der Waals surface area contributed by atoms with Crippen LogP contribution in [0.2, 0.25) is 0 Å². The van der Waals surface area contributed by atoms with E-state index in [1.807, 2.05) is 6.92 Å². The molecule has 2 aromatic carbocycles. The lowest BCUT2D eigenvalue weighted by atomic mass is 9.72. The molecule has 46 heavy (non-hydrogen) atoms. The molecule has 0 aromatic heterocycles. The number of aliphatic hydroxyl groups excluding tert-OH is 1. The van der Waals surface area contributed by atoms with E-state index in [9.17, 15) is 34.8 Å². The molecule has 0 spiro atoms. The number of rotatable bonds is 6. The van der Waals surface area contributed by atoms with Crippen molar-refractivity contribution in [3.05, 3.63) is 51.6 Å². The molecule has 246 valence electrons. The molecule has 7 rings (SSSR count). The van der Waals surface area contributed by atoms with Gasteiger partial charge >= 0.3 is 0 Å². The molecule has 0 amide bonds. The molecule has 0 saturated carbocycles. The molecule has 2 unspecified atom stereocenters. The number of phenolic OH excluding ortho intramolecular Hbond substituents is 2. The zero-order valence-corrected chi connectivity index (χ0v) is 25.4. The van der Waals surface area contributed by atoms with Crippen molar-refractivity contribution in [1.29, 1.82) is 0 Å². The molecule has 2 aromatic rings. The van der Waals surface area contributed by atoms with Crippen LogP contribution in [0.4, 0.5) is 0 Å². The first-order chi connectivity index (χ1) is 22.0. The lowest BCUT2D eigenvalue weighted by Crippen LogP contribution is -2.55. The van der Waals surface area contributed by atoms with E-state index in [2.05, 4.69) is 4.90 Å². The monoisotopic (exact) mass is 641 g/mol. The van der Waals surface area contributed by atoms with Crippen molar-refractivity contribution in [2.75, 3.05) is 34.0 Å². The second-order valence-electron chi connectivity index (χ2n) is 12.3. The molecule has 0 bridgehead atoms. The number of hydrogen-bond acceptors (Lipinski definition) is 14. The van der Waals surface area contributed by atoms with Crippen LogP contribution in [0.1, 0.15) is 68.8 Å². The van der Waals surface area contributed by atoms with Crippen molar-refractivity contribution in [3.63, 3.8) is 0 Å². The molecule has 3 aliphatic heterocycles. The third kappa shape index (κ3) is 4.51. The minimum Gasteiger partial charge on any atom is -0.507 e. The van der Waals surface area contributed by atoms with Crippen LogP contribution < -0.4 is 4.74 Å². The van der Waals surface area contributed by atoms with Gasteiger partial charge in [-0.05, 0) is 13.0 Å². The van der Waals surface area contributed by atoms with Gasteiger partial charge in [0.1, 0.15) is 35.6 Å². The number of Topliss-reactive ketones (excluding diaryl/α,β-unsaturated/α-hetero) is 1. The van der Waals surface area contributed by atoms with E-state index in [1.54, 1.807) is 0 Å². The molecule has 4 N–H and O–H groups in total. The molecule has 3 heterocycles. The number of carbonyl (C=O) groups excluding carboxylic acids is 3. The summed E-state index contributed by atoms with van der Waals surface area (Å²) < 4.78 is 35.3. The predicted octanol–water partition coefficient (Wildman–Crippen LogP) is 0.711. The van der Waals surface area contributed by atoms with Gasteiger partial charge in [0, 0.05) is 55.6 Å². The maximum atomic E-state index is 13.9. The normalized spacial score (nSPS) is 33.5. The molecule has 3 saturated heterocycles. The van der Waals surface area contributed by atoms with E-state index in [0.717, 1.165) is 0 Å². The number of fused-ring (bicyclic) bond motifs is 6. The maximum absolute atomic E-state index is 13.9. The van der Waals surface area contributed by atoms with Crippen LogP contribution in [0.3, 0.4) is 0 Å². The third-order valence-corrected chi connectivity index (χ3v) is 9.84. The molecule has 8 atom stereocenters. The number of ketones is 3. The summed E-state index contributed by atoms with van der Waals surface area (Å²) in [6.45, 7) is 1.82.